The standard InChI is InChI=1S/C20H32N2O3.ClH/c1-16(21)18-9-12-22(13-10-18)20(23)4-3-14-25-19-7-5-17(6-8-19)11-15-24-2;/h5-8,16,18H,3-4,9-15,21H2,1-2H3;1H. The second kappa shape index (κ2) is 12.2. The molecule has 26 heavy (non-hydrogen) atoms. The van der Waals surface area contributed by atoms with E-state index >= 15 is 0 Å². The molecule has 2 N–H and O–H groups in total. The van der Waals surface area contributed by atoms with Crippen LogP contribution in [0, 0.1) is 5.92 Å². The Labute approximate surface area is 163 Å². The van der Waals surface area contributed by atoms with Gasteiger partial charge in [-0.05, 0) is 56.2 Å². The van der Waals surface area contributed by atoms with Gasteiger partial charge in [-0.2, -0.15) is 0 Å². The van der Waals surface area contributed by atoms with Crippen molar-refractivity contribution < 1.29 is 14.3 Å². The first-order valence-corrected chi connectivity index (χ1v) is 9.34. The minimum atomic E-state index is 0. The Morgan fingerprint density at radius 2 is 1.88 bits per heavy atom. The first-order valence-electron chi connectivity index (χ1n) is 9.34. The molecule has 1 aromatic rings. The Morgan fingerprint density at radius 3 is 2.46 bits per heavy atom. The number of benzene rings is 1. The van der Waals surface area contributed by atoms with Crippen molar-refractivity contribution in [1.29, 1.82) is 0 Å². The Kier molecular flexibility index (Phi) is 10.6. The average molecular weight is 385 g/mol. The fraction of sp³-hybridized carbons (Fsp3) is 0.650. The third-order valence-electron chi connectivity index (χ3n) is 4.96. The maximum absolute atomic E-state index is 12.3. The zero-order valence-corrected chi connectivity index (χ0v) is 16.8. The number of amides is 1. The number of nitrogens with two attached hydrogens (primary N) is 1. The molecule has 0 aliphatic carbocycles. The number of methoxy groups -OCH3 is 1. The Morgan fingerprint density at radius 1 is 1.23 bits per heavy atom. The van der Waals surface area contributed by atoms with Gasteiger partial charge in [-0.1, -0.05) is 12.1 Å². The highest BCUT2D eigenvalue weighted by Crippen LogP contribution is 2.20. The molecular weight excluding hydrogens is 352 g/mol. The molecule has 1 atom stereocenters. The lowest BCUT2D eigenvalue weighted by Crippen LogP contribution is -2.42. The molecule has 1 unspecified atom stereocenters. The predicted molar refractivity (Wildman–Crippen MR) is 107 cm³/mol. The molecule has 1 aromatic carbocycles. The number of nitrogens with zero attached hydrogens (tertiary/aromatic N) is 1. The molecule has 0 aromatic heterocycles. The lowest BCUT2D eigenvalue weighted by atomic mass is 9.91. The molecule has 1 amide bonds. The van der Waals surface area contributed by atoms with Gasteiger partial charge in [0.15, 0.2) is 0 Å². The number of carbonyl (C=O) groups is 1. The van der Waals surface area contributed by atoms with E-state index in [1.165, 1.54) is 5.56 Å². The number of carbonyl (C=O) groups excluding carboxylic acids is 1. The SMILES string of the molecule is COCCc1ccc(OCCCC(=O)N2CCC(C(C)N)CC2)cc1.Cl. The van der Waals surface area contributed by atoms with E-state index < -0.39 is 0 Å². The zero-order chi connectivity index (χ0) is 18.1. The van der Waals surface area contributed by atoms with Crippen molar-refractivity contribution >= 4 is 18.3 Å². The molecule has 0 spiro atoms. The van der Waals surface area contributed by atoms with Crippen molar-refractivity contribution in [3.63, 3.8) is 0 Å². The number of ether oxygens (including phenoxy) is 2. The Bertz CT molecular complexity index is 514. The second-order valence-corrected chi connectivity index (χ2v) is 6.92. The fourth-order valence-corrected chi connectivity index (χ4v) is 3.22. The van der Waals surface area contributed by atoms with E-state index in [4.69, 9.17) is 15.2 Å². The van der Waals surface area contributed by atoms with Crippen molar-refractivity contribution in [2.24, 2.45) is 11.7 Å². The van der Waals surface area contributed by atoms with Crippen molar-refractivity contribution in [2.75, 3.05) is 33.4 Å². The van der Waals surface area contributed by atoms with Gasteiger partial charge in [-0.3, -0.25) is 4.79 Å². The van der Waals surface area contributed by atoms with E-state index in [1.807, 2.05) is 17.0 Å². The first-order chi connectivity index (χ1) is 12.1. The van der Waals surface area contributed by atoms with E-state index in [1.54, 1.807) is 7.11 Å². The topological polar surface area (TPSA) is 64.8 Å². The summed E-state index contributed by atoms with van der Waals surface area (Å²) in [7, 11) is 1.71. The van der Waals surface area contributed by atoms with Crippen molar-refractivity contribution in [1.82, 2.24) is 4.90 Å². The predicted octanol–water partition coefficient (Wildman–Crippen LogP) is 3.04. The van der Waals surface area contributed by atoms with E-state index in [2.05, 4.69) is 19.1 Å². The number of rotatable bonds is 9. The van der Waals surface area contributed by atoms with Crippen LogP contribution in [0.4, 0.5) is 0 Å². The highest BCUT2D eigenvalue weighted by molar-refractivity contribution is 5.85. The molecule has 148 valence electrons. The number of halogens is 1. The maximum Gasteiger partial charge on any atom is 0.222 e. The molecule has 0 radical (unpaired) electrons. The maximum atomic E-state index is 12.3. The van der Waals surface area contributed by atoms with Crippen molar-refractivity contribution in [3.8, 4) is 5.75 Å². The van der Waals surface area contributed by atoms with Crippen molar-refractivity contribution in [2.45, 2.75) is 45.1 Å². The summed E-state index contributed by atoms with van der Waals surface area (Å²) in [6.07, 6.45) is 4.25. The molecule has 2 rings (SSSR count). The van der Waals surface area contributed by atoms with Crippen LogP contribution < -0.4 is 10.5 Å². The van der Waals surface area contributed by atoms with Crippen LogP contribution in [-0.4, -0.2) is 50.3 Å². The summed E-state index contributed by atoms with van der Waals surface area (Å²) in [5, 5.41) is 0. The van der Waals surface area contributed by atoms with E-state index in [0.717, 1.165) is 51.1 Å². The lowest BCUT2D eigenvalue weighted by Gasteiger charge is -2.33. The number of likely N-dealkylation sites (tertiary alicyclic amines) is 1. The summed E-state index contributed by atoms with van der Waals surface area (Å²) in [6.45, 7) is 5.04. The van der Waals surface area contributed by atoms with Gasteiger partial charge in [0.2, 0.25) is 5.91 Å². The normalized spacial score (nSPS) is 16.0. The van der Waals surface area contributed by atoms with Gasteiger partial charge in [0.1, 0.15) is 5.75 Å². The van der Waals surface area contributed by atoms with Crippen LogP contribution in [0.1, 0.15) is 38.2 Å². The molecular formula is C20H33ClN2O3. The highest BCUT2D eigenvalue weighted by Gasteiger charge is 2.24. The van der Waals surface area contributed by atoms with Crippen LogP contribution in [-0.2, 0) is 16.0 Å². The summed E-state index contributed by atoms with van der Waals surface area (Å²) in [5.41, 5.74) is 7.18. The van der Waals surface area contributed by atoms with Crippen molar-refractivity contribution in [3.05, 3.63) is 29.8 Å². The van der Waals surface area contributed by atoms with E-state index in [-0.39, 0.29) is 24.4 Å². The quantitative estimate of drug-likeness (QED) is 0.664. The van der Waals surface area contributed by atoms with E-state index in [0.29, 0.717) is 18.9 Å². The van der Waals surface area contributed by atoms with Crippen LogP contribution in [0.3, 0.4) is 0 Å². The molecule has 1 aliphatic rings. The third kappa shape index (κ3) is 7.52. The van der Waals surface area contributed by atoms with Gasteiger partial charge < -0.3 is 20.1 Å². The molecule has 5 nitrogen and oxygen atoms in total. The summed E-state index contributed by atoms with van der Waals surface area (Å²) < 4.78 is 10.8. The van der Waals surface area contributed by atoms with Gasteiger partial charge >= 0.3 is 0 Å². The number of hydrogen-bond acceptors (Lipinski definition) is 4. The second-order valence-electron chi connectivity index (χ2n) is 6.92. The smallest absolute Gasteiger partial charge is 0.222 e. The fourth-order valence-electron chi connectivity index (χ4n) is 3.22. The molecule has 0 bridgehead atoms. The first kappa shape index (κ1) is 22.7. The summed E-state index contributed by atoms with van der Waals surface area (Å²) in [5.74, 6) is 1.65. The van der Waals surface area contributed by atoms with Gasteiger partial charge in [0.05, 0.1) is 13.2 Å². The van der Waals surface area contributed by atoms with Gasteiger partial charge in [-0.25, -0.2) is 0 Å². The Balaban J connectivity index is 0.00000338. The molecule has 0 saturated carbocycles. The number of piperidine rings is 1. The average Bonchev–Trinajstić information content (AvgIpc) is 2.64. The van der Waals surface area contributed by atoms with Crippen LogP contribution in [0.2, 0.25) is 0 Å². The largest absolute Gasteiger partial charge is 0.494 e. The van der Waals surface area contributed by atoms with E-state index in [9.17, 15) is 4.79 Å². The highest BCUT2D eigenvalue weighted by atomic mass is 35.5. The summed E-state index contributed by atoms with van der Waals surface area (Å²) >= 11 is 0. The molecule has 1 fully saturated rings. The Hall–Kier alpha value is -1.30. The minimum absolute atomic E-state index is 0. The molecule has 1 saturated heterocycles. The van der Waals surface area contributed by atoms with Crippen LogP contribution >= 0.6 is 12.4 Å². The zero-order valence-electron chi connectivity index (χ0n) is 16.0. The van der Waals surface area contributed by atoms with Crippen LogP contribution in [0.15, 0.2) is 24.3 Å². The lowest BCUT2D eigenvalue weighted by molar-refractivity contribution is -0.132. The van der Waals surface area contributed by atoms with Gasteiger partial charge in [0.25, 0.3) is 0 Å². The van der Waals surface area contributed by atoms with Crippen LogP contribution in [0.25, 0.3) is 0 Å². The summed E-state index contributed by atoms with van der Waals surface area (Å²) in [6, 6.07) is 8.30. The van der Waals surface area contributed by atoms with Crippen LogP contribution in [0.5, 0.6) is 5.75 Å². The molecule has 1 heterocycles. The number of hydrogen-bond donors (Lipinski definition) is 1. The van der Waals surface area contributed by atoms with Gasteiger partial charge in [0, 0.05) is 32.7 Å². The third-order valence-corrected chi connectivity index (χ3v) is 4.96. The summed E-state index contributed by atoms with van der Waals surface area (Å²) in [4.78, 5) is 14.2. The molecule has 1 aliphatic heterocycles. The van der Waals surface area contributed by atoms with Gasteiger partial charge in [-0.15, -0.1) is 12.4 Å². The minimum Gasteiger partial charge on any atom is -0.494 e. The molecule has 6 heteroatoms. The monoisotopic (exact) mass is 384 g/mol.